The molecule has 0 saturated heterocycles. The summed E-state index contributed by atoms with van der Waals surface area (Å²) in [5.41, 5.74) is 0.308. The first-order valence-corrected chi connectivity index (χ1v) is 11.7. The molecule has 0 fully saturated rings. The number of thioether (sulfide) groups is 1. The number of nitrogens with zero attached hydrogens (tertiary/aromatic N) is 5. The van der Waals surface area contributed by atoms with Crippen molar-refractivity contribution in [3.8, 4) is 0 Å². The maximum atomic E-state index is 12.8. The Morgan fingerprint density at radius 3 is 2.31 bits per heavy atom. The minimum atomic E-state index is -0.569. The van der Waals surface area contributed by atoms with Crippen LogP contribution in [0.1, 0.15) is 36.1 Å². The molecule has 36 heavy (non-hydrogen) atoms. The molecule has 1 aromatic heterocycles. The molecule has 0 radical (unpaired) electrons. The van der Waals surface area contributed by atoms with Crippen LogP contribution in [0.5, 0.6) is 0 Å². The van der Waals surface area contributed by atoms with Crippen LogP contribution in [0.3, 0.4) is 0 Å². The summed E-state index contributed by atoms with van der Waals surface area (Å²) in [6.45, 7) is 3.77. The van der Waals surface area contributed by atoms with Crippen LogP contribution in [-0.4, -0.2) is 42.2 Å². The molecule has 13 nitrogen and oxygen atoms in total. The van der Waals surface area contributed by atoms with Gasteiger partial charge in [-0.05, 0) is 24.1 Å². The molecular formula is C22H23N7O6S. The normalized spacial score (nSPS) is 11.7. The summed E-state index contributed by atoms with van der Waals surface area (Å²) in [5.74, 6) is -0.439. The number of hydrogen-bond donors (Lipinski definition) is 2. The van der Waals surface area contributed by atoms with Crippen molar-refractivity contribution in [3.05, 3.63) is 80.1 Å². The van der Waals surface area contributed by atoms with Crippen LogP contribution in [0.15, 0.2) is 53.7 Å². The molecule has 3 aromatic rings. The van der Waals surface area contributed by atoms with Crippen molar-refractivity contribution < 1.29 is 19.4 Å². The topological polar surface area (TPSA) is 175 Å². The highest BCUT2D eigenvalue weighted by Crippen LogP contribution is 2.25. The van der Waals surface area contributed by atoms with Crippen molar-refractivity contribution in [2.45, 2.75) is 25.0 Å². The van der Waals surface area contributed by atoms with E-state index in [1.807, 2.05) is 13.8 Å². The first-order valence-electron chi connectivity index (χ1n) is 10.7. The Morgan fingerprint density at radius 2 is 1.69 bits per heavy atom. The quantitative estimate of drug-likeness (QED) is 0.233. The van der Waals surface area contributed by atoms with Crippen molar-refractivity contribution in [2.24, 2.45) is 13.0 Å². The number of aromatic nitrogens is 3. The molecule has 14 heteroatoms. The van der Waals surface area contributed by atoms with Crippen LogP contribution in [0.2, 0.25) is 0 Å². The van der Waals surface area contributed by atoms with Crippen LogP contribution >= 0.6 is 11.8 Å². The van der Waals surface area contributed by atoms with Crippen LogP contribution in [-0.2, 0) is 11.8 Å². The minimum absolute atomic E-state index is 0.00927. The van der Waals surface area contributed by atoms with E-state index in [-0.39, 0.29) is 34.5 Å². The summed E-state index contributed by atoms with van der Waals surface area (Å²) < 4.78 is 1.67. The van der Waals surface area contributed by atoms with Gasteiger partial charge < -0.3 is 15.2 Å². The molecule has 1 heterocycles. The number of hydrogen-bond acceptors (Lipinski definition) is 9. The molecule has 0 bridgehead atoms. The first-order chi connectivity index (χ1) is 17.1. The summed E-state index contributed by atoms with van der Waals surface area (Å²) in [4.78, 5) is 45.8. The highest BCUT2D eigenvalue weighted by molar-refractivity contribution is 7.99. The van der Waals surface area contributed by atoms with Crippen molar-refractivity contribution in [1.82, 2.24) is 20.1 Å². The predicted octanol–water partition coefficient (Wildman–Crippen LogP) is 3.49. The third-order valence-electron chi connectivity index (χ3n) is 5.11. The van der Waals surface area contributed by atoms with Gasteiger partial charge in [-0.2, -0.15) is 0 Å². The minimum Gasteiger partial charge on any atom is -0.342 e. The average Bonchev–Trinajstić information content (AvgIpc) is 3.21. The molecule has 0 aliphatic heterocycles. The molecule has 0 spiro atoms. The van der Waals surface area contributed by atoms with Gasteiger partial charge in [-0.1, -0.05) is 31.7 Å². The second-order valence-electron chi connectivity index (χ2n) is 8.04. The second kappa shape index (κ2) is 11.4. The molecule has 0 saturated carbocycles. The van der Waals surface area contributed by atoms with Crippen LogP contribution in [0.4, 0.5) is 17.1 Å². The zero-order chi connectivity index (χ0) is 26.4. The fourth-order valence-corrected chi connectivity index (χ4v) is 3.95. The Labute approximate surface area is 209 Å². The van der Waals surface area contributed by atoms with E-state index in [4.69, 9.17) is 0 Å². The average molecular weight is 514 g/mol. The molecule has 1 atom stereocenters. The Bertz CT molecular complexity index is 1290. The van der Waals surface area contributed by atoms with E-state index in [0.717, 1.165) is 11.8 Å². The summed E-state index contributed by atoms with van der Waals surface area (Å²) in [6.07, 6.45) is 0. The summed E-state index contributed by atoms with van der Waals surface area (Å²) in [7, 11) is 1.71. The number of nitro benzene ring substituents is 2. The van der Waals surface area contributed by atoms with Crippen molar-refractivity contribution in [1.29, 1.82) is 0 Å². The van der Waals surface area contributed by atoms with Crippen molar-refractivity contribution >= 4 is 40.6 Å². The fraction of sp³-hybridized carbons (Fsp3) is 0.273. The van der Waals surface area contributed by atoms with Gasteiger partial charge in [-0.25, -0.2) is 0 Å². The lowest BCUT2D eigenvalue weighted by Crippen LogP contribution is -2.33. The van der Waals surface area contributed by atoms with Gasteiger partial charge in [-0.3, -0.25) is 29.8 Å². The Kier molecular flexibility index (Phi) is 8.32. The first kappa shape index (κ1) is 26.3. The Hall–Kier alpha value is -4.33. The highest BCUT2D eigenvalue weighted by Gasteiger charge is 2.26. The molecule has 188 valence electrons. The number of carbonyl (C=O) groups excluding carboxylic acids is 2. The monoisotopic (exact) mass is 513 g/mol. The maximum absolute atomic E-state index is 12.8. The van der Waals surface area contributed by atoms with Crippen molar-refractivity contribution in [3.63, 3.8) is 0 Å². The van der Waals surface area contributed by atoms with Gasteiger partial charge in [0, 0.05) is 42.6 Å². The number of non-ortho nitro benzene ring substituents is 2. The van der Waals surface area contributed by atoms with E-state index >= 15 is 0 Å². The summed E-state index contributed by atoms with van der Waals surface area (Å²) in [5, 5.41) is 36.0. The van der Waals surface area contributed by atoms with E-state index in [1.165, 1.54) is 48.5 Å². The Balaban J connectivity index is 1.66. The molecule has 0 unspecified atom stereocenters. The SMILES string of the molecule is CC(C)[C@@H](NC(=O)c1cccc([N+](=O)[O-])c1)c1nnc(SCC(=O)Nc2ccc([N+](=O)[O-])cc2)n1C. The molecule has 2 N–H and O–H groups in total. The third kappa shape index (κ3) is 6.41. The lowest BCUT2D eigenvalue weighted by atomic mass is 10.0. The van der Waals surface area contributed by atoms with Gasteiger partial charge in [0.1, 0.15) is 0 Å². The van der Waals surface area contributed by atoms with Gasteiger partial charge in [0.25, 0.3) is 17.3 Å². The van der Waals surface area contributed by atoms with E-state index < -0.39 is 21.8 Å². The van der Waals surface area contributed by atoms with Crippen LogP contribution < -0.4 is 10.6 Å². The zero-order valence-electron chi connectivity index (χ0n) is 19.6. The smallest absolute Gasteiger partial charge is 0.270 e. The lowest BCUT2D eigenvalue weighted by Gasteiger charge is -2.21. The highest BCUT2D eigenvalue weighted by atomic mass is 32.2. The third-order valence-corrected chi connectivity index (χ3v) is 6.13. The number of nitrogens with one attached hydrogen (secondary N) is 2. The molecule has 2 aromatic carbocycles. The molecule has 3 rings (SSSR count). The molecule has 0 aliphatic rings. The summed E-state index contributed by atoms with van der Waals surface area (Å²) in [6, 6.07) is 10.4. The fourth-order valence-electron chi connectivity index (χ4n) is 3.23. The second-order valence-corrected chi connectivity index (χ2v) is 8.99. The van der Waals surface area contributed by atoms with Crippen molar-refractivity contribution in [2.75, 3.05) is 11.1 Å². The van der Waals surface area contributed by atoms with Crippen LogP contribution in [0.25, 0.3) is 0 Å². The number of nitro groups is 2. The molecule has 2 amide bonds. The number of amides is 2. The van der Waals surface area contributed by atoms with E-state index in [9.17, 15) is 29.8 Å². The van der Waals surface area contributed by atoms with Crippen LogP contribution in [0, 0.1) is 26.1 Å². The van der Waals surface area contributed by atoms with Gasteiger partial charge in [-0.15, -0.1) is 10.2 Å². The lowest BCUT2D eigenvalue weighted by molar-refractivity contribution is -0.385. The predicted molar refractivity (Wildman–Crippen MR) is 132 cm³/mol. The standard InChI is InChI=1S/C22H23N7O6S/c1-13(2)19(24-21(31)14-5-4-6-17(11-14)29(34)35)20-25-26-22(27(20)3)36-12-18(30)23-15-7-9-16(10-8-15)28(32)33/h4-11,13,19H,12H2,1-3H3,(H,23,30)(H,24,31)/t19-/m1/s1. The van der Waals surface area contributed by atoms with E-state index in [2.05, 4.69) is 20.8 Å². The number of carbonyl (C=O) groups is 2. The van der Waals surface area contributed by atoms with E-state index in [0.29, 0.717) is 16.7 Å². The molecular weight excluding hydrogens is 490 g/mol. The molecule has 0 aliphatic carbocycles. The number of benzene rings is 2. The van der Waals surface area contributed by atoms with Gasteiger partial charge in [0.15, 0.2) is 11.0 Å². The largest absolute Gasteiger partial charge is 0.342 e. The zero-order valence-corrected chi connectivity index (χ0v) is 20.4. The van der Waals surface area contributed by atoms with Gasteiger partial charge in [0.2, 0.25) is 5.91 Å². The Morgan fingerprint density at radius 1 is 1.03 bits per heavy atom. The van der Waals surface area contributed by atoms with E-state index in [1.54, 1.807) is 11.6 Å². The van der Waals surface area contributed by atoms with Gasteiger partial charge >= 0.3 is 0 Å². The van der Waals surface area contributed by atoms with Gasteiger partial charge in [0.05, 0.1) is 21.6 Å². The summed E-state index contributed by atoms with van der Waals surface area (Å²) >= 11 is 1.13. The number of anilines is 1. The maximum Gasteiger partial charge on any atom is 0.270 e. The number of rotatable bonds is 10.